The van der Waals surface area contributed by atoms with E-state index >= 15 is 0 Å². The molecule has 0 bridgehead atoms. The number of hydrogen-bond donors (Lipinski definition) is 2. The first-order valence-electron chi connectivity index (χ1n) is 9.01. The molecular weight excluding hydrogens is 384 g/mol. The maximum atomic E-state index is 5.86. The highest BCUT2D eigenvalue weighted by Crippen LogP contribution is 2.26. The van der Waals surface area contributed by atoms with Gasteiger partial charge in [0.1, 0.15) is 5.82 Å². The van der Waals surface area contributed by atoms with Crippen molar-refractivity contribution in [1.82, 2.24) is 29.7 Å². The van der Waals surface area contributed by atoms with Crippen molar-refractivity contribution in [2.45, 2.75) is 17.8 Å². The first-order chi connectivity index (χ1) is 14.1. The Morgan fingerprint density at radius 1 is 0.966 bits per heavy atom. The van der Waals surface area contributed by atoms with E-state index in [9.17, 15) is 0 Å². The molecule has 2 aromatic carbocycles. The molecule has 0 atom stereocenters. The van der Waals surface area contributed by atoms with E-state index in [1.807, 2.05) is 60.1 Å². The molecule has 0 aliphatic rings. The molecule has 0 saturated heterocycles. The second-order valence-corrected chi connectivity index (χ2v) is 7.34. The van der Waals surface area contributed by atoms with Crippen molar-refractivity contribution < 1.29 is 0 Å². The Morgan fingerprint density at radius 2 is 1.72 bits per heavy atom. The van der Waals surface area contributed by atoms with Crippen molar-refractivity contribution in [2.75, 3.05) is 11.1 Å². The van der Waals surface area contributed by atoms with Gasteiger partial charge in [0.15, 0.2) is 11.0 Å². The summed E-state index contributed by atoms with van der Waals surface area (Å²) in [6, 6.07) is 17.8. The Bertz CT molecular complexity index is 1130. The highest BCUT2D eigenvalue weighted by molar-refractivity contribution is 7.98. The minimum atomic E-state index is 0.174. The van der Waals surface area contributed by atoms with Crippen molar-refractivity contribution in [1.29, 1.82) is 0 Å². The van der Waals surface area contributed by atoms with Crippen molar-refractivity contribution in [3.05, 3.63) is 66.0 Å². The van der Waals surface area contributed by atoms with Crippen LogP contribution in [0.15, 0.2) is 59.8 Å². The molecule has 9 heteroatoms. The third-order valence-electron chi connectivity index (χ3n) is 4.28. The highest BCUT2D eigenvalue weighted by Gasteiger charge is 2.14. The predicted molar refractivity (Wildman–Crippen MR) is 115 cm³/mol. The van der Waals surface area contributed by atoms with Gasteiger partial charge < -0.3 is 15.6 Å². The van der Waals surface area contributed by atoms with Crippen LogP contribution >= 0.6 is 11.8 Å². The maximum Gasteiger partial charge on any atom is 0.232 e. The monoisotopic (exact) mass is 404 g/mol. The fourth-order valence-electron chi connectivity index (χ4n) is 2.84. The zero-order chi connectivity index (χ0) is 20.2. The number of nitrogens with two attached hydrogens (primary N) is 1. The van der Waals surface area contributed by atoms with E-state index in [0.29, 0.717) is 17.5 Å². The van der Waals surface area contributed by atoms with E-state index in [1.165, 1.54) is 11.8 Å². The molecule has 0 radical (unpaired) electrons. The molecule has 0 aliphatic carbocycles. The highest BCUT2D eigenvalue weighted by atomic mass is 32.2. The Kier molecular flexibility index (Phi) is 5.39. The lowest BCUT2D eigenvalue weighted by molar-refractivity contribution is 0.792. The van der Waals surface area contributed by atoms with Gasteiger partial charge in [-0.15, -0.1) is 10.2 Å². The molecule has 2 heterocycles. The second kappa shape index (κ2) is 8.27. The van der Waals surface area contributed by atoms with Crippen LogP contribution in [0.5, 0.6) is 0 Å². The fourth-order valence-corrected chi connectivity index (χ4v) is 3.60. The number of nitrogens with one attached hydrogen (secondary N) is 1. The predicted octanol–water partition coefficient (Wildman–Crippen LogP) is 3.59. The number of para-hydroxylation sites is 1. The van der Waals surface area contributed by atoms with Gasteiger partial charge in [-0.2, -0.15) is 15.0 Å². The lowest BCUT2D eigenvalue weighted by Crippen LogP contribution is -2.06. The number of nitrogen functional groups attached to an aromatic ring is 1. The molecule has 0 fully saturated rings. The molecule has 4 rings (SSSR count). The summed E-state index contributed by atoms with van der Waals surface area (Å²) in [5.74, 6) is 2.48. The van der Waals surface area contributed by atoms with E-state index in [-0.39, 0.29) is 5.95 Å². The van der Waals surface area contributed by atoms with Crippen LogP contribution in [0.25, 0.3) is 11.4 Å². The fraction of sp³-hybridized carbons (Fsp3) is 0.150. The summed E-state index contributed by atoms with van der Waals surface area (Å²) in [6.07, 6.45) is 0. The van der Waals surface area contributed by atoms with E-state index < -0.39 is 0 Å². The number of hydrogen-bond acceptors (Lipinski definition) is 8. The molecule has 29 heavy (non-hydrogen) atoms. The Hall–Kier alpha value is -3.46. The van der Waals surface area contributed by atoms with Crippen LogP contribution in [-0.2, 0) is 12.8 Å². The first-order valence-corrected chi connectivity index (χ1v) is 9.99. The van der Waals surface area contributed by atoms with Crippen molar-refractivity contribution >= 4 is 29.3 Å². The number of nitrogens with zero attached hydrogens (tertiary/aromatic N) is 6. The Labute approximate surface area is 172 Å². The molecule has 4 aromatic rings. The zero-order valence-electron chi connectivity index (χ0n) is 16.1. The molecule has 3 N–H and O–H groups in total. The molecule has 0 amide bonds. The number of anilines is 3. The van der Waals surface area contributed by atoms with Crippen molar-refractivity contribution in [3.63, 3.8) is 0 Å². The van der Waals surface area contributed by atoms with Gasteiger partial charge in [0.25, 0.3) is 0 Å². The summed E-state index contributed by atoms with van der Waals surface area (Å²) in [5, 5.41) is 12.6. The maximum absolute atomic E-state index is 5.86. The van der Waals surface area contributed by atoms with E-state index in [1.54, 1.807) is 0 Å². The average Bonchev–Trinajstić information content (AvgIpc) is 3.07. The van der Waals surface area contributed by atoms with Crippen LogP contribution in [-0.4, -0.2) is 29.7 Å². The number of thioether (sulfide) groups is 1. The van der Waals surface area contributed by atoms with Crippen molar-refractivity contribution in [3.8, 4) is 11.4 Å². The molecule has 2 aromatic heterocycles. The van der Waals surface area contributed by atoms with Gasteiger partial charge in [-0.25, -0.2) is 0 Å². The minimum absolute atomic E-state index is 0.174. The van der Waals surface area contributed by atoms with Gasteiger partial charge in [-0.3, -0.25) is 0 Å². The van der Waals surface area contributed by atoms with E-state index in [0.717, 1.165) is 27.8 Å². The lowest BCUT2D eigenvalue weighted by Gasteiger charge is -2.08. The topological polar surface area (TPSA) is 107 Å². The minimum Gasteiger partial charge on any atom is -0.368 e. The van der Waals surface area contributed by atoms with Gasteiger partial charge in [-0.1, -0.05) is 54.2 Å². The summed E-state index contributed by atoms with van der Waals surface area (Å²) in [7, 11) is 1.95. The molecule has 0 saturated carbocycles. The second-order valence-electron chi connectivity index (χ2n) is 6.39. The SMILES string of the molecule is Cc1ccccc1-c1nnc(SCc2nc(N)nc(Nc3ccccc3)n2)n1C. The molecule has 0 unspecified atom stereocenters. The summed E-state index contributed by atoms with van der Waals surface area (Å²) in [6.45, 7) is 2.06. The summed E-state index contributed by atoms with van der Waals surface area (Å²) < 4.78 is 1.97. The normalized spacial score (nSPS) is 10.8. The van der Waals surface area contributed by atoms with Crippen molar-refractivity contribution in [2.24, 2.45) is 7.05 Å². The molecular formula is C20H20N8S. The van der Waals surface area contributed by atoms with Gasteiger partial charge in [0.05, 0.1) is 5.75 Å². The quantitative estimate of drug-likeness (QED) is 0.470. The molecule has 8 nitrogen and oxygen atoms in total. The standard InChI is InChI=1S/C20H20N8S/c1-13-8-6-7-11-15(13)17-26-27-20(28(17)2)29-12-16-23-18(21)25-19(24-16)22-14-9-4-3-5-10-14/h3-11H,12H2,1-2H3,(H3,21,22,23,24,25). The molecule has 0 spiro atoms. The first kappa shape index (κ1) is 18.9. The summed E-state index contributed by atoms with van der Waals surface area (Å²) in [5.41, 5.74) is 8.96. The number of rotatable bonds is 6. The Morgan fingerprint density at radius 3 is 2.52 bits per heavy atom. The number of aromatic nitrogens is 6. The largest absolute Gasteiger partial charge is 0.368 e. The van der Waals surface area contributed by atoms with Crippen LogP contribution in [0.1, 0.15) is 11.4 Å². The lowest BCUT2D eigenvalue weighted by atomic mass is 10.1. The van der Waals surface area contributed by atoms with Crippen LogP contribution in [0, 0.1) is 6.92 Å². The molecule has 146 valence electrons. The number of benzene rings is 2. The van der Waals surface area contributed by atoms with Gasteiger partial charge in [0.2, 0.25) is 11.9 Å². The smallest absolute Gasteiger partial charge is 0.232 e. The zero-order valence-corrected chi connectivity index (χ0v) is 16.9. The summed E-state index contributed by atoms with van der Waals surface area (Å²) in [4.78, 5) is 12.9. The Balaban J connectivity index is 1.50. The van der Waals surface area contributed by atoms with Crippen LogP contribution in [0.3, 0.4) is 0 Å². The average molecular weight is 405 g/mol. The molecule has 0 aliphatic heterocycles. The van der Waals surface area contributed by atoms with Crippen LogP contribution in [0.2, 0.25) is 0 Å². The number of aryl methyl sites for hydroxylation is 1. The van der Waals surface area contributed by atoms with E-state index in [4.69, 9.17) is 5.73 Å². The van der Waals surface area contributed by atoms with Gasteiger partial charge in [0, 0.05) is 18.3 Å². The van der Waals surface area contributed by atoms with Gasteiger partial charge >= 0.3 is 0 Å². The third-order valence-corrected chi connectivity index (χ3v) is 5.30. The van der Waals surface area contributed by atoms with Gasteiger partial charge in [-0.05, 0) is 24.6 Å². The van der Waals surface area contributed by atoms with Crippen LogP contribution in [0.4, 0.5) is 17.6 Å². The summed E-state index contributed by atoms with van der Waals surface area (Å²) >= 11 is 1.50. The van der Waals surface area contributed by atoms with E-state index in [2.05, 4.69) is 43.5 Å². The van der Waals surface area contributed by atoms with Crippen LogP contribution < -0.4 is 11.1 Å². The third kappa shape index (κ3) is 4.35.